The molecule has 0 spiro atoms. The second-order valence-corrected chi connectivity index (χ2v) is 6.16. The van der Waals surface area contributed by atoms with Gasteiger partial charge in [0.15, 0.2) is 0 Å². The third-order valence-corrected chi connectivity index (χ3v) is 3.58. The predicted octanol–water partition coefficient (Wildman–Crippen LogP) is 4.73. The first-order chi connectivity index (χ1) is 7.28. The second-order valence-electron chi connectivity index (χ2n) is 6.16. The highest BCUT2D eigenvalue weighted by molar-refractivity contribution is 5.37. The van der Waals surface area contributed by atoms with Gasteiger partial charge in [-0.15, -0.1) is 12.3 Å². The average molecular weight is 216 g/mol. The molecular formula is C16H24. The monoisotopic (exact) mass is 216 g/mol. The van der Waals surface area contributed by atoms with E-state index in [2.05, 4.69) is 52.7 Å². The average Bonchev–Trinajstić information content (AvgIpc) is 2.16. The highest BCUT2D eigenvalue weighted by Gasteiger charge is 2.27. The minimum Gasteiger partial charge on any atom is -0.120 e. The van der Waals surface area contributed by atoms with E-state index in [1.807, 2.05) is 0 Å². The van der Waals surface area contributed by atoms with Crippen molar-refractivity contribution in [3.8, 4) is 12.3 Å². The van der Waals surface area contributed by atoms with Gasteiger partial charge in [0.05, 0.1) is 0 Å². The van der Waals surface area contributed by atoms with Gasteiger partial charge in [-0.1, -0.05) is 31.6 Å². The molecule has 0 amide bonds. The first-order valence-electron chi connectivity index (χ1n) is 6.14. The van der Waals surface area contributed by atoms with Crippen LogP contribution in [0.25, 0.3) is 0 Å². The third kappa shape index (κ3) is 3.01. The van der Waals surface area contributed by atoms with Crippen molar-refractivity contribution in [1.29, 1.82) is 0 Å². The Balaban J connectivity index is 2.93. The van der Waals surface area contributed by atoms with Crippen molar-refractivity contribution in [2.45, 2.75) is 53.9 Å². The molecule has 16 heavy (non-hydrogen) atoms. The van der Waals surface area contributed by atoms with Crippen LogP contribution in [0.5, 0.6) is 0 Å². The van der Waals surface area contributed by atoms with E-state index >= 15 is 0 Å². The van der Waals surface area contributed by atoms with Crippen molar-refractivity contribution >= 4 is 0 Å². The molecule has 0 radical (unpaired) electrons. The van der Waals surface area contributed by atoms with Gasteiger partial charge in [0.25, 0.3) is 0 Å². The van der Waals surface area contributed by atoms with Gasteiger partial charge < -0.3 is 0 Å². The Morgan fingerprint density at radius 3 is 2.62 bits per heavy atom. The summed E-state index contributed by atoms with van der Waals surface area (Å²) in [6, 6.07) is 0. The van der Waals surface area contributed by atoms with E-state index in [-0.39, 0.29) is 5.41 Å². The van der Waals surface area contributed by atoms with E-state index in [1.54, 1.807) is 0 Å². The normalized spacial score (nSPS) is 22.8. The van der Waals surface area contributed by atoms with Crippen molar-refractivity contribution in [3.63, 3.8) is 0 Å². The Kier molecular flexibility index (Phi) is 3.68. The van der Waals surface area contributed by atoms with Gasteiger partial charge in [0.1, 0.15) is 0 Å². The largest absolute Gasteiger partial charge is 0.120 e. The van der Waals surface area contributed by atoms with Crippen LogP contribution in [0.3, 0.4) is 0 Å². The summed E-state index contributed by atoms with van der Waals surface area (Å²) in [5.41, 5.74) is 3.20. The lowest BCUT2D eigenvalue weighted by molar-refractivity contribution is 0.398. The number of hydrogen-bond acceptors (Lipinski definition) is 0. The molecule has 0 aromatic rings. The summed E-state index contributed by atoms with van der Waals surface area (Å²) in [5, 5.41) is 0. The smallest absolute Gasteiger partial charge is 0.0290 e. The number of allylic oxidation sites excluding steroid dienone is 4. The van der Waals surface area contributed by atoms with Crippen LogP contribution in [0.15, 0.2) is 23.3 Å². The van der Waals surface area contributed by atoms with Crippen LogP contribution >= 0.6 is 0 Å². The maximum atomic E-state index is 5.53. The summed E-state index contributed by atoms with van der Waals surface area (Å²) < 4.78 is 0. The van der Waals surface area contributed by atoms with Crippen LogP contribution in [0.1, 0.15) is 53.9 Å². The van der Waals surface area contributed by atoms with Gasteiger partial charge in [-0.2, -0.15) is 0 Å². The fraction of sp³-hybridized carbons (Fsp3) is 0.625. The third-order valence-electron chi connectivity index (χ3n) is 3.58. The minimum atomic E-state index is -0.0270. The Morgan fingerprint density at radius 1 is 1.50 bits per heavy atom. The van der Waals surface area contributed by atoms with Gasteiger partial charge in [0, 0.05) is 5.41 Å². The summed E-state index contributed by atoms with van der Waals surface area (Å²) in [6.45, 7) is 11.1. The fourth-order valence-corrected chi connectivity index (χ4v) is 2.28. The maximum Gasteiger partial charge on any atom is 0.0290 e. The lowest BCUT2D eigenvalue weighted by atomic mass is 9.72. The first-order valence-corrected chi connectivity index (χ1v) is 6.14. The molecular weight excluding hydrogens is 192 g/mol. The van der Waals surface area contributed by atoms with Crippen LogP contribution in [0, 0.1) is 23.2 Å². The summed E-state index contributed by atoms with van der Waals surface area (Å²) in [7, 11) is 0. The molecule has 1 aliphatic carbocycles. The van der Waals surface area contributed by atoms with Crippen molar-refractivity contribution in [2.24, 2.45) is 10.8 Å². The van der Waals surface area contributed by atoms with Crippen molar-refractivity contribution in [1.82, 2.24) is 0 Å². The van der Waals surface area contributed by atoms with E-state index < -0.39 is 0 Å². The molecule has 0 N–H and O–H groups in total. The molecule has 0 heteroatoms. The van der Waals surface area contributed by atoms with Gasteiger partial charge in [-0.3, -0.25) is 0 Å². The van der Waals surface area contributed by atoms with E-state index in [0.29, 0.717) is 5.41 Å². The summed E-state index contributed by atoms with van der Waals surface area (Å²) in [5.74, 6) is 2.86. The molecule has 0 fully saturated rings. The minimum absolute atomic E-state index is 0.0270. The molecule has 0 atom stereocenters. The highest BCUT2D eigenvalue weighted by Crippen LogP contribution is 2.41. The topological polar surface area (TPSA) is 0 Å². The van der Waals surface area contributed by atoms with E-state index in [1.165, 1.54) is 24.0 Å². The van der Waals surface area contributed by atoms with Crippen LogP contribution in [0.2, 0.25) is 0 Å². The molecule has 0 aromatic carbocycles. The molecule has 88 valence electrons. The summed E-state index contributed by atoms with van der Waals surface area (Å²) in [6.07, 6.45) is 13.6. The zero-order valence-corrected chi connectivity index (χ0v) is 11.4. The standard InChI is InChI=1S/C16H24/c1-7-15(3,4)12-10-14-13(2)9-8-11-16(14,5)6/h1,9-10H,8,11-12H2,2-6H3/b14-10+. The predicted molar refractivity (Wildman–Crippen MR) is 72.1 cm³/mol. The van der Waals surface area contributed by atoms with Crippen molar-refractivity contribution < 1.29 is 0 Å². The number of hydrogen-bond donors (Lipinski definition) is 0. The van der Waals surface area contributed by atoms with Crippen LogP contribution in [-0.2, 0) is 0 Å². The lowest BCUT2D eigenvalue weighted by Crippen LogP contribution is -2.19. The van der Waals surface area contributed by atoms with Gasteiger partial charge in [0.2, 0.25) is 0 Å². The molecule has 1 rings (SSSR count). The van der Waals surface area contributed by atoms with Gasteiger partial charge in [-0.25, -0.2) is 0 Å². The quantitative estimate of drug-likeness (QED) is 0.585. The molecule has 0 heterocycles. The van der Waals surface area contributed by atoms with Gasteiger partial charge >= 0.3 is 0 Å². The molecule has 0 aliphatic heterocycles. The molecule has 1 aliphatic rings. The van der Waals surface area contributed by atoms with Crippen LogP contribution in [0.4, 0.5) is 0 Å². The Bertz CT molecular complexity index is 356. The highest BCUT2D eigenvalue weighted by atomic mass is 14.3. The maximum absolute atomic E-state index is 5.53. The zero-order valence-electron chi connectivity index (χ0n) is 11.4. The fourth-order valence-electron chi connectivity index (χ4n) is 2.28. The SMILES string of the molecule is C#CC(C)(C)C/C=C1\C(C)=CCCC1(C)C. The van der Waals surface area contributed by atoms with Crippen molar-refractivity contribution in [2.75, 3.05) is 0 Å². The second kappa shape index (κ2) is 4.50. The van der Waals surface area contributed by atoms with Gasteiger partial charge in [-0.05, 0) is 51.0 Å². The molecule has 0 bridgehead atoms. The molecule has 0 saturated carbocycles. The number of rotatable bonds is 2. The molecule has 0 aromatic heterocycles. The van der Waals surface area contributed by atoms with E-state index in [0.717, 1.165) is 6.42 Å². The molecule has 0 saturated heterocycles. The molecule has 0 unspecified atom stereocenters. The summed E-state index contributed by atoms with van der Waals surface area (Å²) >= 11 is 0. The van der Waals surface area contributed by atoms with Crippen LogP contribution < -0.4 is 0 Å². The Morgan fingerprint density at radius 2 is 2.12 bits per heavy atom. The Hall–Kier alpha value is -0.960. The van der Waals surface area contributed by atoms with E-state index in [9.17, 15) is 0 Å². The Labute approximate surface area is 101 Å². The van der Waals surface area contributed by atoms with Crippen molar-refractivity contribution in [3.05, 3.63) is 23.3 Å². The first kappa shape index (κ1) is 13.1. The number of terminal acetylenes is 1. The van der Waals surface area contributed by atoms with Crippen LogP contribution in [-0.4, -0.2) is 0 Å². The molecule has 0 nitrogen and oxygen atoms in total. The summed E-state index contributed by atoms with van der Waals surface area (Å²) in [4.78, 5) is 0. The lowest BCUT2D eigenvalue weighted by Gasteiger charge is -2.33. The zero-order chi connectivity index (χ0) is 12.4. The van der Waals surface area contributed by atoms with E-state index in [4.69, 9.17) is 6.42 Å².